The number of nitrogens with one attached hydrogen (secondary N) is 1. The van der Waals surface area contributed by atoms with Crippen molar-refractivity contribution >= 4 is 17.8 Å². The number of ether oxygens (including phenoxy) is 1. The molecule has 0 bridgehead atoms. The lowest BCUT2D eigenvalue weighted by atomic mass is 10.0. The normalized spacial score (nSPS) is 12.4. The number of rotatable bonds is 5. The number of alkyl halides is 3. The maximum Gasteiger partial charge on any atom is 0.471 e. The number of benzene rings is 1. The largest absolute Gasteiger partial charge is 0.550 e. The highest BCUT2D eigenvalue weighted by molar-refractivity contribution is 5.89. The van der Waals surface area contributed by atoms with E-state index in [4.69, 9.17) is 0 Å². The standard InChI is InChI=1S/C13H12F3NO5/c1-22-11(20)8-4-2-7(3-5-8)9(6-10(18)19)17-12(21)13(14,15)16/h2-5,9H,6H2,1H3,(H,17,21)(H,18,19)/p-1/t9-/m0/s1. The molecule has 1 aromatic carbocycles. The molecule has 1 rings (SSSR count). The molecule has 0 unspecified atom stereocenters. The minimum absolute atomic E-state index is 0.0782. The molecule has 0 aliphatic heterocycles. The fraction of sp³-hybridized carbons (Fsp3) is 0.308. The topological polar surface area (TPSA) is 95.5 Å². The van der Waals surface area contributed by atoms with E-state index in [9.17, 15) is 32.7 Å². The van der Waals surface area contributed by atoms with Crippen LogP contribution in [0.3, 0.4) is 0 Å². The number of hydrogen-bond acceptors (Lipinski definition) is 5. The van der Waals surface area contributed by atoms with Crippen molar-refractivity contribution in [1.29, 1.82) is 0 Å². The predicted octanol–water partition coefficient (Wildman–Crippen LogP) is 0.333. The van der Waals surface area contributed by atoms with Gasteiger partial charge in [-0.3, -0.25) is 4.79 Å². The summed E-state index contributed by atoms with van der Waals surface area (Å²) >= 11 is 0. The van der Waals surface area contributed by atoms with Crippen LogP contribution >= 0.6 is 0 Å². The number of carboxylic acid groups (broad SMARTS) is 1. The van der Waals surface area contributed by atoms with Crippen molar-refractivity contribution in [3.05, 3.63) is 35.4 Å². The Morgan fingerprint density at radius 3 is 2.18 bits per heavy atom. The average molecular weight is 318 g/mol. The lowest BCUT2D eigenvalue weighted by Crippen LogP contribution is -2.41. The Bertz CT molecular complexity index is 568. The summed E-state index contributed by atoms with van der Waals surface area (Å²) in [4.78, 5) is 32.8. The summed E-state index contributed by atoms with van der Waals surface area (Å²) in [7, 11) is 1.15. The molecule has 0 spiro atoms. The van der Waals surface area contributed by atoms with Gasteiger partial charge < -0.3 is 20.0 Å². The smallest absolute Gasteiger partial charge is 0.471 e. The van der Waals surface area contributed by atoms with E-state index in [-0.39, 0.29) is 11.1 Å². The predicted molar refractivity (Wildman–Crippen MR) is 64.3 cm³/mol. The molecule has 1 amide bonds. The van der Waals surface area contributed by atoms with E-state index < -0.39 is 36.5 Å². The monoisotopic (exact) mass is 318 g/mol. The zero-order valence-corrected chi connectivity index (χ0v) is 11.3. The van der Waals surface area contributed by atoms with E-state index in [2.05, 4.69) is 4.74 Å². The molecule has 1 aromatic rings. The minimum atomic E-state index is -5.14. The molecule has 9 heteroatoms. The van der Waals surface area contributed by atoms with Gasteiger partial charge in [-0.25, -0.2) is 4.79 Å². The van der Waals surface area contributed by atoms with Crippen LogP contribution in [0.25, 0.3) is 0 Å². The highest BCUT2D eigenvalue weighted by atomic mass is 19.4. The first-order valence-electron chi connectivity index (χ1n) is 5.91. The van der Waals surface area contributed by atoms with Gasteiger partial charge in [-0.2, -0.15) is 13.2 Å². The van der Waals surface area contributed by atoms with Crippen molar-refractivity contribution in [3.8, 4) is 0 Å². The van der Waals surface area contributed by atoms with Gasteiger partial charge in [-0.15, -0.1) is 0 Å². The molecule has 0 heterocycles. The van der Waals surface area contributed by atoms with Crippen LogP contribution in [0.2, 0.25) is 0 Å². The van der Waals surface area contributed by atoms with E-state index in [0.717, 1.165) is 7.11 Å². The molecule has 0 saturated carbocycles. The van der Waals surface area contributed by atoms with Gasteiger partial charge >= 0.3 is 18.1 Å². The van der Waals surface area contributed by atoms with Crippen LogP contribution in [0.1, 0.15) is 28.4 Å². The number of amides is 1. The Hall–Kier alpha value is -2.58. The summed E-state index contributed by atoms with van der Waals surface area (Å²) < 4.78 is 41.2. The van der Waals surface area contributed by atoms with Crippen molar-refractivity contribution in [2.24, 2.45) is 0 Å². The Kier molecular flexibility index (Phi) is 5.50. The summed E-state index contributed by atoms with van der Waals surface area (Å²) in [5, 5.41) is 12.2. The highest BCUT2D eigenvalue weighted by Gasteiger charge is 2.39. The maximum absolute atomic E-state index is 12.2. The number of halogens is 3. The minimum Gasteiger partial charge on any atom is -0.550 e. The number of aliphatic carboxylic acids is 1. The van der Waals surface area contributed by atoms with Gasteiger partial charge in [0.15, 0.2) is 0 Å². The number of carbonyl (C=O) groups is 3. The summed E-state index contributed by atoms with van der Waals surface area (Å²) in [6.07, 6.45) is -5.99. The fourth-order valence-corrected chi connectivity index (χ4v) is 1.63. The van der Waals surface area contributed by atoms with Crippen LogP contribution in [0.5, 0.6) is 0 Å². The molecular weight excluding hydrogens is 307 g/mol. The first-order valence-corrected chi connectivity index (χ1v) is 5.91. The van der Waals surface area contributed by atoms with Gasteiger partial charge in [-0.1, -0.05) is 12.1 Å². The van der Waals surface area contributed by atoms with E-state index in [1.165, 1.54) is 24.3 Å². The molecule has 1 atom stereocenters. The molecule has 0 fully saturated rings. The van der Waals surface area contributed by atoms with Crippen molar-refractivity contribution < 1.29 is 37.4 Å². The van der Waals surface area contributed by atoms with E-state index in [1.54, 1.807) is 5.32 Å². The second-order valence-corrected chi connectivity index (χ2v) is 4.21. The Balaban J connectivity index is 2.99. The number of hydrogen-bond donors (Lipinski definition) is 1. The number of methoxy groups -OCH3 is 1. The summed E-state index contributed by atoms with van der Waals surface area (Å²) in [5.41, 5.74) is 0.204. The van der Waals surface area contributed by atoms with Crippen LogP contribution < -0.4 is 10.4 Å². The third-order valence-corrected chi connectivity index (χ3v) is 2.67. The molecule has 6 nitrogen and oxygen atoms in total. The van der Waals surface area contributed by atoms with Gasteiger partial charge in [0.2, 0.25) is 0 Å². The van der Waals surface area contributed by atoms with Crippen molar-refractivity contribution in [3.63, 3.8) is 0 Å². The molecule has 120 valence electrons. The Labute approximate surface area is 122 Å². The van der Waals surface area contributed by atoms with Crippen LogP contribution in [-0.2, 0) is 14.3 Å². The molecule has 1 N–H and O–H groups in total. The second kappa shape index (κ2) is 6.92. The molecule has 22 heavy (non-hydrogen) atoms. The van der Waals surface area contributed by atoms with E-state index >= 15 is 0 Å². The van der Waals surface area contributed by atoms with E-state index in [0.29, 0.717) is 0 Å². The van der Waals surface area contributed by atoms with Crippen LogP contribution in [-0.4, -0.2) is 31.1 Å². The van der Waals surface area contributed by atoms with Crippen LogP contribution in [0, 0.1) is 0 Å². The number of carbonyl (C=O) groups excluding carboxylic acids is 3. The third kappa shape index (κ3) is 4.76. The SMILES string of the molecule is COC(=O)c1ccc([C@H](CC(=O)[O-])NC(=O)C(F)(F)F)cc1. The van der Waals surface area contributed by atoms with Gasteiger partial charge in [0.05, 0.1) is 18.7 Å². The zero-order valence-electron chi connectivity index (χ0n) is 11.3. The Morgan fingerprint density at radius 2 is 1.77 bits per heavy atom. The second-order valence-electron chi connectivity index (χ2n) is 4.21. The van der Waals surface area contributed by atoms with Gasteiger partial charge in [0.25, 0.3) is 0 Å². The molecule has 0 radical (unpaired) electrons. The average Bonchev–Trinajstić information content (AvgIpc) is 2.44. The summed E-state index contributed by atoms with van der Waals surface area (Å²) in [6, 6.07) is 3.48. The number of carboxylic acids is 1. The third-order valence-electron chi connectivity index (χ3n) is 2.67. The number of esters is 1. The first kappa shape index (κ1) is 17.5. The fourth-order valence-electron chi connectivity index (χ4n) is 1.63. The van der Waals surface area contributed by atoms with Crippen LogP contribution in [0.4, 0.5) is 13.2 Å². The highest BCUT2D eigenvalue weighted by Crippen LogP contribution is 2.21. The van der Waals surface area contributed by atoms with Crippen molar-refractivity contribution in [2.45, 2.75) is 18.6 Å². The van der Waals surface area contributed by atoms with Gasteiger partial charge in [0, 0.05) is 12.4 Å². The lowest BCUT2D eigenvalue weighted by molar-refractivity contribution is -0.306. The van der Waals surface area contributed by atoms with Gasteiger partial charge in [-0.05, 0) is 17.7 Å². The Morgan fingerprint density at radius 1 is 1.23 bits per heavy atom. The maximum atomic E-state index is 12.2. The molecule has 0 aliphatic carbocycles. The summed E-state index contributed by atoms with van der Waals surface area (Å²) in [6.45, 7) is 0. The van der Waals surface area contributed by atoms with Crippen molar-refractivity contribution in [1.82, 2.24) is 5.32 Å². The molecular formula is C13H11F3NO5-. The van der Waals surface area contributed by atoms with Gasteiger partial charge in [0.1, 0.15) is 0 Å². The first-order chi connectivity index (χ1) is 10.1. The van der Waals surface area contributed by atoms with Crippen molar-refractivity contribution in [2.75, 3.05) is 7.11 Å². The quantitative estimate of drug-likeness (QED) is 0.790. The molecule has 0 saturated heterocycles. The van der Waals surface area contributed by atoms with Crippen LogP contribution in [0.15, 0.2) is 24.3 Å². The summed E-state index contributed by atoms with van der Waals surface area (Å²) in [5.74, 6) is -4.57. The molecule has 0 aromatic heterocycles. The molecule has 0 aliphatic rings. The zero-order chi connectivity index (χ0) is 16.9. The lowest BCUT2D eigenvalue weighted by Gasteiger charge is -2.20. The van der Waals surface area contributed by atoms with E-state index in [1.807, 2.05) is 0 Å².